The van der Waals surface area contributed by atoms with Crippen molar-refractivity contribution in [2.45, 2.75) is 26.2 Å². The van der Waals surface area contributed by atoms with E-state index in [9.17, 15) is 14.7 Å². The van der Waals surface area contributed by atoms with Crippen molar-refractivity contribution in [3.8, 4) is 0 Å². The first-order chi connectivity index (χ1) is 9.04. The van der Waals surface area contributed by atoms with Crippen molar-refractivity contribution < 1.29 is 14.7 Å². The van der Waals surface area contributed by atoms with Gasteiger partial charge in [0, 0.05) is 25.0 Å². The number of carboxylic acid groups (broad SMARTS) is 1. The van der Waals surface area contributed by atoms with Crippen LogP contribution >= 0.6 is 0 Å². The van der Waals surface area contributed by atoms with Crippen LogP contribution in [0.4, 0.5) is 0 Å². The molecule has 5 heteroatoms. The molecule has 2 heterocycles. The van der Waals surface area contributed by atoms with Gasteiger partial charge >= 0.3 is 5.97 Å². The molecule has 0 radical (unpaired) electrons. The Balaban J connectivity index is 1.85. The standard InChI is InChI=1S/C14H18N2O3/c1-9-11(4-6-15-9)12(17)16-7-10-3-2-5-14(10,8-16)13(18)19/h4,6,10,15H,2-3,5,7-8H2,1H3,(H,18,19)/t10-,14+/m0/s1. The van der Waals surface area contributed by atoms with Crippen LogP contribution in [0, 0.1) is 18.3 Å². The smallest absolute Gasteiger partial charge is 0.311 e. The number of carbonyl (C=O) groups is 2. The molecule has 2 N–H and O–H groups in total. The number of amides is 1. The van der Waals surface area contributed by atoms with Gasteiger partial charge in [0.25, 0.3) is 5.91 Å². The number of fused-ring (bicyclic) bond motifs is 1. The van der Waals surface area contributed by atoms with Gasteiger partial charge in [-0.25, -0.2) is 0 Å². The number of H-pyrrole nitrogens is 1. The molecule has 1 aliphatic carbocycles. The number of nitrogens with zero attached hydrogens (tertiary/aromatic N) is 1. The summed E-state index contributed by atoms with van der Waals surface area (Å²) in [6.07, 6.45) is 4.32. The zero-order valence-corrected chi connectivity index (χ0v) is 11.0. The second-order valence-corrected chi connectivity index (χ2v) is 5.75. The van der Waals surface area contributed by atoms with Crippen molar-refractivity contribution in [3.63, 3.8) is 0 Å². The summed E-state index contributed by atoms with van der Waals surface area (Å²) in [6, 6.07) is 1.76. The molecule has 1 saturated carbocycles. The van der Waals surface area contributed by atoms with Crippen molar-refractivity contribution in [2.75, 3.05) is 13.1 Å². The maximum Gasteiger partial charge on any atom is 0.311 e. The van der Waals surface area contributed by atoms with Crippen molar-refractivity contribution in [3.05, 3.63) is 23.5 Å². The summed E-state index contributed by atoms with van der Waals surface area (Å²) in [7, 11) is 0. The van der Waals surface area contributed by atoms with Crippen LogP contribution in [0.5, 0.6) is 0 Å². The quantitative estimate of drug-likeness (QED) is 0.851. The first-order valence-electron chi connectivity index (χ1n) is 6.71. The number of aromatic amines is 1. The molecule has 0 spiro atoms. The lowest BCUT2D eigenvalue weighted by molar-refractivity contribution is -0.149. The van der Waals surface area contributed by atoms with Gasteiger partial charge in [0.2, 0.25) is 0 Å². The summed E-state index contributed by atoms with van der Waals surface area (Å²) in [5.74, 6) is -0.668. The number of aryl methyl sites for hydroxylation is 1. The van der Waals surface area contributed by atoms with Gasteiger partial charge in [0.05, 0.1) is 11.0 Å². The molecule has 19 heavy (non-hydrogen) atoms. The highest BCUT2D eigenvalue weighted by atomic mass is 16.4. The number of likely N-dealkylation sites (tertiary alicyclic amines) is 1. The van der Waals surface area contributed by atoms with Crippen LogP contribution in [0.2, 0.25) is 0 Å². The third-order valence-electron chi connectivity index (χ3n) is 4.77. The van der Waals surface area contributed by atoms with Crippen LogP contribution in [0.15, 0.2) is 12.3 Å². The van der Waals surface area contributed by atoms with Crippen molar-refractivity contribution in [1.29, 1.82) is 0 Å². The monoisotopic (exact) mass is 262 g/mol. The Labute approximate surface area is 111 Å². The zero-order valence-electron chi connectivity index (χ0n) is 11.0. The molecular formula is C14H18N2O3. The zero-order chi connectivity index (χ0) is 13.6. The minimum Gasteiger partial charge on any atom is -0.481 e. The second-order valence-electron chi connectivity index (χ2n) is 5.75. The van der Waals surface area contributed by atoms with Gasteiger partial charge in [-0.3, -0.25) is 9.59 Å². The van der Waals surface area contributed by atoms with Gasteiger partial charge in [-0.2, -0.15) is 0 Å². The Morgan fingerprint density at radius 2 is 2.32 bits per heavy atom. The van der Waals surface area contributed by atoms with Crippen LogP contribution in [-0.4, -0.2) is 40.0 Å². The van der Waals surface area contributed by atoms with E-state index < -0.39 is 11.4 Å². The number of carbonyl (C=O) groups excluding carboxylic acids is 1. The number of carboxylic acids is 1. The van der Waals surface area contributed by atoms with E-state index in [0.29, 0.717) is 25.1 Å². The highest BCUT2D eigenvalue weighted by Crippen LogP contribution is 2.49. The predicted octanol–water partition coefficient (Wildman–Crippen LogP) is 1.65. The number of nitrogens with one attached hydrogen (secondary N) is 1. The molecule has 1 amide bonds. The van der Waals surface area contributed by atoms with Gasteiger partial charge in [-0.15, -0.1) is 0 Å². The largest absolute Gasteiger partial charge is 0.481 e. The Hall–Kier alpha value is -1.78. The fraction of sp³-hybridized carbons (Fsp3) is 0.571. The fourth-order valence-corrected chi connectivity index (χ4v) is 3.65. The molecule has 2 aliphatic rings. The molecule has 1 aliphatic heterocycles. The minimum atomic E-state index is -0.740. The summed E-state index contributed by atoms with van der Waals surface area (Å²) in [6.45, 7) is 2.79. The molecule has 1 saturated heterocycles. The van der Waals surface area contributed by atoms with Crippen LogP contribution < -0.4 is 0 Å². The van der Waals surface area contributed by atoms with Crippen molar-refractivity contribution in [1.82, 2.24) is 9.88 Å². The first kappa shape index (κ1) is 12.3. The number of aliphatic carboxylic acids is 1. The van der Waals surface area contributed by atoms with Gasteiger partial charge in [-0.1, -0.05) is 6.42 Å². The Morgan fingerprint density at radius 3 is 2.89 bits per heavy atom. The maximum atomic E-state index is 12.4. The summed E-state index contributed by atoms with van der Waals surface area (Å²) in [4.78, 5) is 28.7. The number of hydrogen-bond acceptors (Lipinski definition) is 2. The normalized spacial score (nSPS) is 29.5. The van der Waals surface area contributed by atoms with E-state index in [2.05, 4.69) is 4.98 Å². The van der Waals surface area contributed by atoms with Gasteiger partial charge in [-0.05, 0) is 31.7 Å². The van der Waals surface area contributed by atoms with Gasteiger partial charge in [0.15, 0.2) is 0 Å². The number of rotatable bonds is 2. The highest BCUT2D eigenvalue weighted by molar-refractivity contribution is 5.96. The summed E-state index contributed by atoms with van der Waals surface area (Å²) >= 11 is 0. The third-order valence-corrected chi connectivity index (χ3v) is 4.77. The van der Waals surface area contributed by atoms with Crippen molar-refractivity contribution in [2.24, 2.45) is 11.3 Å². The highest BCUT2D eigenvalue weighted by Gasteiger charge is 2.55. The van der Waals surface area contributed by atoms with E-state index in [-0.39, 0.29) is 11.8 Å². The third kappa shape index (κ3) is 1.68. The van der Waals surface area contributed by atoms with E-state index in [4.69, 9.17) is 0 Å². The molecule has 5 nitrogen and oxygen atoms in total. The lowest BCUT2D eigenvalue weighted by atomic mass is 9.81. The molecular weight excluding hydrogens is 244 g/mol. The lowest BCUT2D eigenvalue weighted by Crippen LogP contribution is -2.37. The van der Waals surface area contributed by atoms with Gasteiger partial charge in [0.1, 0.15) is 0 Å². The predicted molar refractivity (Wildman–Crippen MR) is 68.8 cm³/mol. The summed E-state index contributed by atoms with van der Waals surface area (Å²) < 4.78 is 0. The SMILES string of the molecule is Cc1[nH]ccc1C(=O)N1C[C@@H]2CCC[C@@]2(C(=O)O)C1. The van der Waals surface area contributed by atoms with Crippen LogP contribution in [0.25, 0.3) is 0 Å². The molecule has 102 valence electrons. The molecule has 1 aromatic heterocycles. The Morgan fingerprint density at radius 1 is 1.53 bits per heavy atom. The molecule has 3 rings (SSSR count). The Bertz CT molecular complexity index is 537. The molecule has 2 fully saturated rings. The molecule has 0 unspecified atom stereocenters. The first-order valence-corrected chi connectivity index (χ1v) is 6.71. The average Bonchev–Trinajstić information content (AvgIpc) is 3.00. The van der Waals surface area contributed by atoms with E-state index in [1.54, 1.807) is 17.2 Å². The van der Waals surface area contributed by atoms with Crippen LogP contribution in [0.1, 0.15) is 35.3 Å². The summed E-state index contributed by atoms with van der Waals surface area (Å²) in [5, 5.41) is 9.51. The molecule has 0 bridgehead atoms. The van der Waals surface area contributed by atoms with Crippen LogP contribution in [-0.2, 0) is 4.79 Å². The van der Waals surface area contributed by atoms with E-state index in [1.807, 2.05) is 6.92 Å². The molecule has 2 atom stereocenters. The summed E-state index contributed by atoms with van der Waals surface area (Å²) in [5.41, 5.74) is 0.798. The number of aromatic nitrogens is 1. The van der Waals surface area contributed by atoms with Gasteiger partial charge < -0.3 is 15.0 Å². The van der Waals surface area contributed by atoms with E-state index in [1.165, 1.54) is 0 Å². The second kappa shape index (κ2) is 4.11. The maximum absolute atomic E-state index is 12.4. The van der Waals surface area contributed by atoms with Crippen molar-refractivity contribution >= 4 is 11.9 Å². The number of hydrogen-bond donors (Lipinski definition) is 2. The lowest BCUT2D eigenvalue weighted by Gasteiger charge is -2.23. The average molecular weight is 262 g/mol. The van der Waals surface area contributed by atoms with E-state index >= 15 is 0 Å². The fourth-order valence-electron chi connectivity index (χ4n) is 3.65. The molecule has 0 aromatic carbocycles. The molecule has 1 aromatic rings. The Kier molecular flexibility index (Phi) is 2.66. The minimum absolute atomic E-state index is 0.0474. The van der Waals surface area contributed by atoms with E-state index in [0.717, 1.165) is 18.5 Å². The topological polar surface area (TPSA) is 73.4 Å². The van der Waals surface area contributed by atoms with Crippen LogP contribution in [0.3, 0.4) is 0 Å².